The van der Waals surface area contributed by atoms with Crippen molar-refractivity contribution in [1.82, 2.24) is 10.2 Å². The van der Waals surface area contributed by atoms with E-state index in [9.17, 15) is 9.90 Å². The second kappa shape index (κ2) is 7.56. The number of methoxy groups -OCH3 is 1. The number of nitrogens with zero attached hydrogens (tertiary/aromatic N) is 1. The van der Waals surface area contributed by atoms with Gasteiger partial charge in [0, 0.05) is 32.1 Å². The van der Waals surface area contributed by atoms with Crippen LogP contribution in [0.25, 0.3) is 11.0 Å². The number of carbonyl (C=O) groups excluding carboxylic acids is 1. The molecule has 2 N–H and O–H groups in total. The topological polar surface area (TPSA) is 74.9 Å². The maximum Gasteiger partial charge on any atom is 0.255 e. The summed E-state index contributed by atoms with van der Waals surface area (Å²) in [5.41, 5.74) is 0.591. The Balaban J connectivity index is 1.61. The van der Waals surface area contributed by atoms with Gasteiger partial charge in [0.05, 0.1) is 13.2 Å². The number of rotatable bonds is 7. The molecule has 0 spiro atoms. The average molecular weight is 346 g/mol. The van der Waals surface area contributed by atoms with Crippen molar-refractivity contribution in [3.63, 3.8) is 0 Å². The lowest BCUT2D eigenvalue weighted by atomic mass is 9.91. The molecule has 136 valence electrons. The highest BCUT2D eigenvalue weighted by atomic mass is 16.5. The first-order valence-electron chi connectivity index (χ1n) is 8.73. The van der Waals surface area contributed by atoms with E-state index in [4.69, 9.17) is 9.15 Å². The van der Waals surface area contributed by atoms with E-state index < -0.39 is 5.60 Å². The van der Waals surface area contributed by atoms with Crippen molar-refractivity contribution in [1.29, 1.82) is 0 Å². The van der Waals surface area contributed by atoms with E-state index in [1.165, 1.54) is 0 Å². The Labute approximate surface area is 147 Å². The molecule has 1 atom stereocenters. The lowest BCUT2D eigenvalue weighted by Gasteiger charge is -2.38. The van der Waals surface area contributed by atoms with Crippen LogP contribution < -0.4 is 5.32 Å². The smallest absolute Gasteiger partial charge is 0.255 e. The van der Waals surface area contributed by atoms with Crippen LogP contribution in [-0.4, -0.2) is 54.9 Å². The molecule has 1 aliphatic rings. The summed E-state index contributed by atoms with van der Waals surface area (Å²) in [6.45, 7) is 4.39. The number of amides is 1. The quantitative estimate of drug-likeness (QED) is 0.800. The SMILES string of the molecule is COCCN1CCCC(O)(CNCc2oc3ccccc3c2C)C1=O. The van der Waals surface area contributed by atoms with Crippen molar-refractivity contribution in [3.8, 4) is 0 Å². The molecule has 2 aromatic rings. The summed E-state index contributed by atoms with van der Waals surface area (Å²) in [6.07, 6.45) is 1.26. The highest BCUT2D eigenvalue weighted by molar-refractivity contribution is 5.86. The lowest BCUT2D eigenvalue weighted by molar-refractivity contribution is -0.157. The third-order valence-corrected chi connectivity index (χ3v) is 4.91. The van der Waals surface area contributed by atoms with Gasteiger partial charge in [-0.05, 0) is 31.4 Å². The predicted molar refractivity (Wildman–Crippen MR) is 95.3 cm³/mol. The Hall–Kier alpha value is -1.89. The van der Waals surface area contributed by atoms with Crippen LogP contribution in [0.4, 0.5) is 0 Å². The zero-order valence-electron chi connectivity index (χ0n) is 14.9. The van der Waals surface area contributed by atoms with Crippen molar-refractivity contribution in [2.24, 2.45) is 0 Å². The number of ether oxygens (including phenoxy) is 1. The second-order valence-corrected chi connectivity index (χ2v) is 6.67. The molecule has 2 heterocycles. The first-order valence-corrected chi connectivity index (χ1v) is 8.73. The normalized spacial score (nSPS) is 21.2. The standard InChI is InChI=1S/C19H26N2O4/c1-14-15-6-3-4-7-16(15)25-17(14)12-20-13-19(23)8-5-9-21(18(19)22)10-11-24-2/h3-4,6-7,20,23H,5,8-13H2,1-2H3. The van der Waals surface area contributed by atoms with Gasteiger partial charge in [0.2, 0.25) is 0 Å². The number of furan rings is 1. The summed E-state index contributed by atoms with van der Waals surface area (Å²) in [6, 6.07) is 7.90. The van der Waals surface area contributed by atoms with E-state index in [-0.39, 0.29) is 12.5 Å². The number of nitrogens with one attached hydrogen (secondary N) is 1. The van der Waals surface area contributed by atoms with Gasteiger partial charge in [0.1, 0.15) is 11.3 Å². The number of benzene rings is 1. The van der Waals surface area contributed by atoms with Gasteiger partial charge < -0.3 is 24.5 Å². The number of carbonyl (C=O) groups is 1. The molecular weight excluding hydrogens is 320 g/mol. The van der Waals surface area contributed by atoms with Crippen LogP contribution in [0.15, 0.2) is 28.7 Å². The Morgan fingerprint density at radius 3 is 2.96 bits per heavy atom. The first kappa shape index (κ1) is 17.9. The Kier molecular flexibility index (Phi) is 5.42. The fourth-order valence-corrected chi connectivity index (χ4v) is 3.42. The van der Waals surface area contributed by atoms with Gasteiger partial charge in [0.25, 0.3) is 5.91 Å². The van der Waals surface area contributed by atoms with E-state index in [1.807, 2.05) is 31.2 Å². The Morgan fingerprint density at radius 1 is 1.40 bits per heavy atom. The number of piperidine rings is 1. The summed E-state index contributed by atoms with van der Waals surface area (Å²) in [7, 11) is 1.61. The van der Waals surface area contributed by atoms with Crippen molar-refractivity contribution >= 4 is 16.9 Å². The van der Waals surface area contributed by atoms with Crippen LogP contribution in [0.2, 0.25) is 0 Å². The van der Waals surface area contributed by atoms with Gasteiger partial charge in [-0.15, -0.1) is 0 Å². The number of hydrogen-bond acceptors (Lipinski definition) is 5. The second-order valence-electron chi connectivity index (χ2n) is 6.67. The number of likely N-dealkylation sites (tertiary alicyclic amines) is 1. The van der Waals surface area contributed by atoms with Crippen LogP contribution in [0, 0.1) is 6.92 Å². The van der Waals surface area contributed by atoms with Gasteiger partial charge in [-0.1, -0.05) is 18.2 Å². The molecule has 1 unspecified atom stereocenters. The fourth-order valence-electron chi connectivity index (χ4n) is 3.42. The zero-order valence-corrected chi connectivity index (χ0v) is 14.9. The van der Waals surface area contributed by atoms with Crippen LogP contribution in [0.3, 0.4) is 0 Å². The van der Waals surface area contributed by atoms with E-state index in [1.54, 1.807) is 12.0 Å². The fraction of sp³-hybridized carbons (Fsp3) is 0.526. The lowest BCUT2D eigenvalue weighted by Crippen LogP contribution is -2.58. The van der Waals surface area contributed by atoms with Crippen molar-refractivity contribution in [2.45, 2.75) is 31.9 Å². The molecule has 1 fully saturated rings. The summed E-state index contributed by atoms with van der Waals surface area (Å²) in [4.78, 5) is 14.2. The molecule has 0 saturated carbocycles. The minimum Gasteiger partial charge on any atom is -0.459 e. The third-order valence-electron chi connectivity index (χ3n) is 4.91. The molecule has 1 amide bonds. The summed E-state index contributed by atoms with van der Waals surface area (Å²) >= 11 is 0. The largest absolute Gasteiger partial charge is 0.459 e. The van der Waals surface area contributed by atoms with Gasteiger partial charge in [-0.25, -0.2) is 0 Å². The number of para-hydroxylation sites is 1. The minimum absolute atomic E-state index is 0.214. The predicted octanol–water partition coefficient (Wildman–Crippen LogP) is 1.83. The minimum atomic E-state index is -1.36. The molecule has 1 aromatic carbocycles. The molecule has 0 bridgehead atoms. The van der Waals surface area contributed by atoms with E-state index in [2.05, 4.69) is 5.32 Å². The molecule has 25 heavy (non-hydrogen) atoms. The maximum absolute atomic E-state index is 12.6. The number of hydrogen-bond donors (Lipinski definition) is 2. The van der Waals surface area contributed by atoms with Crippen LogP contribution in [0.1, 0.15) is 24.2 Å². The van der Waals surface area contributed by atoms with Gasteiger partial charge >= 0.3 is 0 Å². The molecule has 3 rings (SSSR count). The highest BCUT2D eigenvalue weighted by Crippen LogP contribution is 2.25. The molecule has 6 nitrogen and oxygen atoms in total. The van der Waals surface area contributed by atoms with E-state index >= 15 is 0 Å². The number of aliphatic hydroxyl groups is 1. The summed E-state index contributed by atoms with van der Waals surface area (Å²) in [5.74, 6) is 0.619. The van der Waals surface area contributed by atoms with E-state index in [0.29, 0.717) is 32.7 Å². The van der Waals surface area contributed by atoms with Crippen molar-refractivity contribution < 1.29 is 19.1 Å². The molecule has 1 aliphatic heterocycles. The van der Waals surface area contributed by atoms with Gasteiger partial charge in [-0.3, -0.25) is 4.79 Å². The molecule has 1 saturated heterocycles. The van der Waals surface area contributed by atoms with Crippen molar-refractivity contribution in [3.05, 3.63) is 35.6 Å². The molecular formula is C19H26N2O4. The van der Waals surface area contributed by atoms with Crippen LogP contribution in [-0.2, 0) is 16.1 Å². The third kappa shape index (κ3) is 3.71. The Bertz CT molecular complexity index is 742. The van der Waals surface area contributed by atoms with Gasteiger partial charge in [0.15, 0.2) is 5.60 Å². The maximum atomic E-state index is 12.6. The zero-order chi connectivity index (χ0) is 17.9. The molecule has 0 aliphatic carbocycles. The summed E-state index contributed by atoms with van der Waals surface area (Å²) < 4.78 is 10.9. The van der Waals surface area contributed by atoms with Crippen LogP contribution in [0.5, 0.6) is 0 Å². The Morgan fingerprint density at radius 2 is 2.20 bits per heavy atom. The van der Waals surface area contributed by atoms with Crippen molar-refractivity contribution in [2.75, 3.05) is 33.4 Å². The van der Waals surface area contributed by atoms with Crippen LogP contribution >= 0.6 is 0 Å². The molecule has 1 aromatic heterocycles. The first-order chi connectivity index (χ1) is 12.0. The molecule has 6 heteroatoms. The highest BCUT2D eigenvalue weighted by Gasteiger charge is 2.41. The summed E-state index contributed by atoms with van der Waals surface area (Å²) in [5, 5.41) is 15.1. The monoisotopic (exact) mass is 346 g/mol. The number of aryl methyl sites for hydroxylation is 1. The van der Waals surface area contributed by atoms with E-state index in [0.717, 1.165) is 28.7 Å². The van der Waals surface area contributed by atoms with Gasteiger partial charge in [-0.2, -0.15) is 0 Å². The average Bonchev–Trinajstić information content (AvgIpc) is 2.93. The molecule has 0 radical (unpaired) electrons. The number of fused-ring (bicyclic) bond motifs is 1.